The molecule has 0 fully saturated rings. The molecule has 2 nitrogen and oxygen atoms in total. The fourth-order valence-corrected chi connectivity index (χ4v) is 1.00. The van der Waals surface area contributed by atoms with Crippen LogP contribution in [0.1, 0.15) is 22.7 Å². The molecule has 1 atom stereocenters. The molecule has 0 radical (unpaired) electrons. The minimum atomic E-state index is -4.52. The molecule has 5 heteroatoms. The molecule has 0 bridgehead atoms. The Kier molecular flexibility index (Phi) is 2.24. The number of hydrogen-bond acceptors (Lipinski definition) is 2. The van der Waals surface area contributed by atoms with E-state index in [9.17, 15) is 18.3 Å². The van der Waals surface area contributed by atoms with E-state index in [0.717, 1.165) is 12.1 Å². The van der Waals surface area contributed by atoms with Gasteiger partial charge in [0.2, 0.25) is 0 Å². The summed E-state index contributed by atoms with van der Waals surface area (Å²) in [5.74, 6) is 0. The Labute approximate surface area is 90.9 Å². The van der Waals surface area contributed by atoms with Gasteiger partial charge in [-0.2, -0.15) is 13.2 Å². The van der Waals surface area contributed by atoms with Gasteiger partial charge in [-0.25, -0.2) is 0 Å². The minimum absolute atomic E-state index is 0.190. The SMILES string of the molecule is [2H]C([2H])([2H])OCC([2H])(O)c1ccc(C(F)(F)F)cc1. The second-order valence-electron chi connectivity index (χ2n) is 2.81. The minimum Gasteiger partial charge on any atom is -0.386 e. The molecule has 0 saturated carbocycles. The first-order valence-electron chi connectivity index (χ1n) is 5.96. The van der Waals surface area contributed by atoms with Crippen LogP contribution in [0.3, 0.4) is 0 Å². The highest BCUT2D eigenvalue weighted by atomic mass is 19.4. The maximum absolute atomic E-state index is 12.3. The predicted octanol–water partition coefficient (Wildman–Crippen LogP) is 2.39. The van der Waals surface area contributed by atoms with E-state index in [1.807, 2.05) is 0 Å². The van der Waals surface area contributed by atoms with Gasteiger partial charge in [-0.1, -0.05) is 12.1 Å². The summed E-state index contributed by atoms with van der Waals surface area (Å²) in [5.41, 5.74) is -1.12. The number of rotatable bonds is 3. The highest BCUT2D eigenvalue weighted by molar-refractivity contribution is 5.25. The summed E-state index contributed by atoms with van der Waals surface area (Å²) in [7, 11) is -2.79. The summed E-state index contributed by atoms with van der Waals surface area (Å²) >= 11 is 0. The molecule has 1 aromatic carbocycles. The molecule has 0 aliphatic carbocycles. The van der Waals surface area contributed by atoms with Crippen molar-refractivity contribution >= 4 is 0 Å². The molecule has 1 unspecified atom stereocenters. The average Bonchev–Trinajstić information content (AvgIpc) is 2.25. The van der Waals surface area contributed by atoms with Crippen LogP contribution in [0.2, 0.25) is 0 Å². The quantitative estimate of drug-likeness (QED) is 0.854. The fraction of sp³-hybridized carbons (Fsp3) is 0.400. The fourth-order valence-electron chi connectivity index (χ4n) is 1.00. The number of benzene rings is 1. The van der Waals surface area contributed by atoms with E-state index in [1.165, 1.54) is 0 Å². The summed E-state index contributed by atoms with van der Waals surface area (Å²) in [6.45, 7) is -0.880. The molecular formula is C10H11F3O2. The Bertz CT molecular complexity index is 426. The van der Waals surface area contributed by atoms with Crippen LogP contribution in [-0.4, -0.2) is 18.8 Å². The maximum atomic E-state index is 12.3. The summed E-state index contributed by atoms with van der Waals surface area (Å²) in [5, 5.41) is 9.65. The zero-order valence-corrected chi connectivity index (χ0v) is 7.51. The van der Waals surface area contributed by atoms with E-state index in [2.05, 4.69) is 4.74 Å². The van der Waals surface area contributed by atoms with Crippen LogP contribution in [0.25, 0.3) is 0 Å². The largest absolute Gasteiger partial charge is 0.416 e. The molecular weight excluding hydrogens is 209 g/mol. The molecule has 0 spiro atoms. The highest BCUT2D eigenvalue weighted by Gasteiger charge is 2.30. The predicted molar refractivity (Wildman–Crippen MR) is 48.3 cm³/mol. The molecule has 1 aromatic rings. The second-order valence-corrected chi connectivity index (χ2v) is 2.81. The lowest BCUT2D eigenvalue weighted by Crippen LogP contribution is -2.07. The molecule has 1 N–H and O–H groups in total. The van der Waals surface area contributed by atoms with Crippen molar-refractivity contribution in [1.82, 2.24) is 0 Å². The molecule has 0 saturated heterocycles. The number of methoxy groups -OCH3 is 1. The monoisotopic (exact) mass is 224 g/mol. The molecule has 84 valence electrons. The number of aliphatic hydroxyl groups is 1. The van der Waals surface area contributed by atoms with Crippen LogP contribution in [-0.2, 0) is 10.9 Å². The first-order valence-corrected chi connectivity index (χ1v) is 3.96. The molecule has 0 aliphatic heterocycles. The van der Waals surface area contributed by atoms with Crippen molar-refractivity contribution in [3.05, 3.63) is 35.4 Å². The third-order valence-corrected chi connectivity index (χ3v) is 1.75. The Morgan fingerprint density at radius 1 is 1.47 bits per heavy atom. The topological polar surface area (TPSA) is 29.5 Å². The van der Waals surface area contributed by atoms with Gasteiger partial charge in [0.15, 0.2) is 0 Å². The Hall–Kier alpha value is -1.07. The maximum Gasteiger partial charge on any atom is 0.416 e. The second kappa shape index (κ2) is 4.63. The summed E-state index contributed by atoms with van der Waals surface area (Å²) in [4.78, 5) is 0. The third kappa shape index (κ3) is 3.21. The van der Waals surface area contributed by atoms with E-state index < -0.39 is 31.5 Å². The van der Waals surface area contributed by atoms with Crippen LogP contribution in [0.4, 0.5) is 13.2 Å². The number of halogens is 3. The van der Waals surface area contributed by atoms with Gasteiger partial charge in [-0.3, -0.25) is 0 Å². The van der Waals surface area contributed by atoms with Crippen molar-refractivity contribution in [2.75, 3.05) is 13.6 Å². The van der Waals surface area contributed by atoms with E-state index in [0.29, 0.717) is 12.1 Å². The van der Waals surface area contributed by atoms with Gasteiger partial charge < -0.3 is 9.84 Å². The third-order valence-electron chi connectivity index (χ3n) is 1.75. The number of ether oxygens (including phenoxy) is 1. The lowest BCUT2D eigenvalue weighted by molar-refractivity contribution is -0.137. The van der Waals surface area contributed by atoms with E-state index in [1.54, 1.807) is 0 Å². The Morgan fingerprint density at radius 2 is 2.07 bits per heavy atom. The van der Waals surface area contributed by atoms with E-state index >= 15 is 0 Å². The molecule has 0 aliphatic rings. The van der Waals surface area contributed by atoms with E-state index in [4.69, 9.17) is 5.48 Å². The van der Waals surface area contributed by atoms with Crippen molar-refractivity contribution in [2.45, 2.75) is 12.3 Å². The van der Waals surface area contributed by atoms with Gasteiger partial charge in [-0.15, -0.1) is 0 Å². The highest BCUT2D eigenvalue weighted by Crippen LogP contribution is 2.29. The van der Waals surface area contributed by atoms with Crippen LogP contribution in [0.15, 0.2) is 24.3 Å². The lowest BCUT2D eigenvalue weighted by atomic mass is 10.1. The molecule has 0 heterocycles. The average molecular weight is 224 g/mol. The van der Waals surface area contributed by atoms with Crippen molar-refractivity contribution in [2.24, 2.45) is 0 Å². The molecule has 0 aromatic heterocycles. The van der Waals surface area contributed by atoms with Crippen molar-refractivity contribution < 1.29 is 28.5 Å². The summed E-state index contributed by atoms with van der Waals surface area (Å²) in [6, 6.07) is 3.20. The molecule has 15 heavy (non-hydrogen) atoms. The standard InChI is InChI=1S/C10H11F3O2/c1-15-6-9(14)7-2-4-8(5-3-7)10(11,12)13/h2-5,9,14H,6H2,1H3/i1D3,9D. The van der Waals surface area contributed by atoms with Gasteiger partial charge in [0.1, 0.15) is 6.08 Å². The van der Waals surface area contributed by atoms with Crippen molar-refractivity contribution in [3.63, 3.8) is 0 Å². The van der Waals surface area contributed by atoms with Gasteiger partial charge >= 0.3 is 6.18 Å². The Morgan fingerprint density at radius 3 is 2.53 bits per heavy atom. The Balaban J connectivity index is 2.85. The smallest absolute Gasteiger partial charge is 0.386 e. The zero-order valence-electron chi connectivity index (χ0n) is 11.5. The summed E-state index contributed by atoms with van der Waals surface area (Å²) in [6.07, 6.45) is -6.95. The lowest BCUT2D eigenvalue weighted by Gasteiger charge is -2.11. The molecule has 1 rings (SSSR count). The normalized spacial score (nSPS) is 20.8. The first kappa shape index (κ1) is 7.24. The number of alkyl halides is 3. The zero-order chi connectivity index (χ0) is 14.9. The van der Waals surface area contributed by atoms with Gasteiger partial charge in [0, 0.05) is 7.04 Å². The van der Waals surface area contributed by atoms with Crippen LogP contribution >= 0.6 is 0 Å². The van der Waals surface area contributed by atoms with Crippen LogP contribution in [0.5, 0.6) is 0 Å². The van der Waals surface area contributed by atoms with Crippen molar-refractivity contribution in [3.8, 4) is 0 Å². The first-order chi connectivity index (χ1) is 8.42. The van der Waals surface area contributed by atoms with E-state index in [-0.39, 0.29) is 5.56 Å². The van der Waals surface area contributed by atoms with Gasteiger partial charge in [-0.05, 0) is 17.7 Å². The van der Waals surface area contributed by atoms with Crippen LogP contribution < -0.4 is 0 Å². The summed E-state index contributed by atoms with van der Waals surface area (Å²) < 4.78 is 69.0. The van der Waals surface area contributed by atoms with Gasteiger partial charge in [0.05, 0.1) is 17.7 Å². The number of hydrogen-bond donors (Lipinski definition) is 1. The molecule has 0 amide bonds. The van der Waals surface area contributed by atoms with Crippen molar-refractivity contribution in [1.29, 1.82) is 0 Å². The van der Waals surface area contributed by atoms with Crippen LogP contribution in [0, 0.1) is 0 Å². The van der Waals surface area contributed by atoms with Gasteiger partial charge in [0.25, 0.3) is 0 Å².